The SMILES string of the molecule is C=C(F)C(=O)C1CCC[C@@H](NC(C)C)CC1. The molecule has 2 nitrogen and oxygen atoms in total. The van der Waals surface area contributed by atoms with Crippen molar-refractivity contribution in [1.29, 1.82) is 0 Å². The number of halogens is 1. The Bertz CT molecular complexity index is 263. The predicted molar refractivity (Wildman–Crippen MR) is 63.9 cm³/mol. The van der Waals surface area contributed by atoms with Gasteiger partial charge < -0.3 is 5.32 Å². The number of carbonyl (C=O) groups is 1. The van der Waals surface area contributed by atoms with Crippen LogP contribution in [-0.4, -0.2) is 17.9 Å². The maximum absolute atomic E-state index is 12.8. The Morgan fingerprint density at radius 2 is 2.00 bits per heavy atom. The summed E-state index contributed by atoms with van der Waals surface area (Å²) < 4.78 is 12.8. The van der Waals surface area contributed by atoms with Crippen LogP contribution in [-0.2, 0) is 4.79 Å². The fourth-order valence-corrected chi connectivity index (χ4v) is 2.42. The van der Waals surface area contributed by atoms with Crippen molar-refractivity contribution in [3.8, 4) is 0 Å². The normalized spacial score (nSPS) is 26.5. The zero-order valence-electron chi connectivity index (χ0n) is 10.3. The quantitative estimate of drug-likeness (QED) is 0.591. The van der Waals surface area contributed by atoms with Crippen molar-refractivity contribution in [2.45, 2.75) is 58.0 Å². The molecule has 3 heteroatoms. The van der Waals surface area contributed by atoms with Crippen LogP contribution in [0.1, 0.15) is 46.0 Å². The summed E-state index contributed by atoms with van der Waals surface area (Å²) in [5.74, 6) is -1.30. The van der Waals surface area contributed by atoms with Crippen LogP contribution in [0.25, 0.3) is 0 Å². The molecule has 0 bridgehead atoms. The third kappa shape index (κ3) is 4.05. The topological polar surface area (TPSA) is 29.1 Å². The zero-order chi connectivity index (χ0) is 12.1. The van der Waals surface area contributed by atoms with Gasteiger partial charge in [0, 0.05) is 18.0 Å². The molecule has 16 heavy (non-hydrogen) atoms. The molecule has 0 aliphatic heterocycles. The van der Waals surface area contributed by atoms with E-state index in [1.54, 1.807) is 0 Å². The molecule has 1 fully saturated rings. The molecule has 92 valence electrons. The first-order chi connectivity index (χ1) is 7.50. The summed E-state index contributed by atoms with van der Waals surface area (Å²) >= 11 is 0. The van der Waals surface area contributed by atoms with Gasteiger partial charge in [-0.2, -0.15) is 0 Å². The molecule has 0 spiro atoms. The summed E-state index contributed by atoms with van der Waals surface area (Å²) in [4.78, 5) is 11.5. The van der Waals surface area contributed by atoms with Crippen LogP contribution in [0.2, 0.25) is 0 Å². The molecule has 1 aliphatic rings. The second-order valence-corrected chi connectivity index (χ2v) is 4.99. The summed E-state index contributed by atoms with van der Waals surface area (Å²) in [6.45, 7) is 7.34. The van der Waals surface area contributed by atoms with Crippen molar-refractivity contribution >= 4 is 5.78 Å². The van der Waals surface area contributed by atoms with Crippen molar-refractivity contribution in [3.05, 3.63) is 12.4 Å². The number of hydrogen-bond acceptors (Lipinski definition) is 2. The van der Waals surface area contributed by atoms with Gasteiger partial charge in [-0.1, -0.05) is 26.8 Å². The molecule has 0 aromatic rings. The van der Waals surface area contributed by atoms with E-state index in [-0.39, 0.29) is 11.7 Å². The summed E-state index contributed by atoms with van der Waals surface area (Å²) in [5.41, 5.74) is 0. The van der Waals surface area contributed by atoms with Gasteiger partial charge in [-0.15, -0.1) is 0 Å². The summed E-state index contributed by atoms with van der Waals surface area (Å²) in [7, 11) is 0. The molecule has 0 heterocycles. The van der Waals surface area contributed by atoms with Crippen LogP contribution in [0.15, 0.2) is 12.4 Å². The second-order valence-electron chi connectivity index (χ2n) is 4.99. The highest BCUT2D eigenvalue weighted by Crippen LogP contribution is 2.26. The molecule has 0 saturated heterocycles. The number of Topliss-reactive ketones (excluding diaryl/α,β-unsaturated/α-hetero) is 1. The maximum Gasteiger partial charge on any atom is 0.193 e. The summed E-state index contributed by atoms with van der Waals surface area (Å²) in [5, 5.41) is 3.48. The smallest absolute Gasteiger partial charge is 0.193 e. The first-order valence-electron chi connectivity index (χ1n) is 6.15. The number of allylic oxidation sites excluding steroid dienone is 1. The van der Waals surface area contributed by atoms with Gasteiger partial charge >= 0.3 is 0 Å². The van der Waals surface area contributed by atoms with E-state index in [4.69, 9.17) is 0 Å². The van der Waals surface area contributed by atoms with E-state index < -0.39 is 5.83 Å². The van der Waals surface area contributed by atoms with Gasteiger partial charge in [0.2, 0.25) is 0 Å². The van der Waals surface area contributed by atoms with Gasteiger partial charge in [-0.3, -0.25) is 4.79 Å². The van der Waals surface area contributed by atoms with E-state index in [2.05, 4.69) is 25.7 Å². The van der Waals surface area contributed by atoms with Crippen molar-refractivity contribution < 1.29 is 9.18 Å². The molecule has 0 amide bonds. The molecule has 0 aromatic carbocycles. The Kier molecular flexibility index (Phi) is 5.13. The van der Waals surface area contributed by atoms with Gasteiger partial charge in [-0.25, -0.2) is 4.39 Å². The summed E-state index contributed by atoms with van der Waals surface area (Å²) in [6.07, 6.45) is 4.63. The molecule has 1 N–H and O–H groups in total. The average Bonchev–Trinajstić information content (AvgIpc) is 2.41. The number of rotatable bonds is 4. The third-order valence-electron chi connectivity index (χ3n) is 3.18. The van der Waals surface area contributed by atoms with Gasteiger partial charge in [0.15, 0.2) is 11.6 Å². The van der Waals surface area contributed by atoms with Crippen LogP contribution < -0.4 is 5.32 Å². The van der Waals surface area contributed by atoms with Crippen molar-refractivity contribution in [2.24, 2.45) is 5.92 Å². The molecular formula is C13H22FNO. The third-order valence-corrected chi connectivity index (χ3v) is 3.18. The Labute approximate surface area is 97.3 Å². The summed E-state index contributed by atoms with van der Waals surface area (Å²) in [6, 6.07) is 0.944. The van der Waals surface area contributed by atoms with Crippen LogP contribution in [0.3, 0.4) is 0 Å². The highest BCUT2D eigenvalue weighted by atomic mass is 19.1. The number of ketones is 1. The van der Waals surface area contributed by atoms with Gasteiger partial charge in [0.25, 0.3) is 0 Å². The largest absolute Gasteiger partial charge is 0.312 e. The average molecular weight is 227 g/mol. The molecule has 0 radical (unpaired) electrons. The monoisotopic (exact) mass is 227 g/mol. The van der Waals surface area contributed by atoms with Crippen molar-refractivity contribution in [2.75, 3.05) is 0 Å². The molecule has 0 aromatic heterocycles. The molecule has 1 rings (SSSR count). The fraction of sp³-hybridized carbons (Fsp3) is 0.769. The van der Waals surface area contributed by atoms with Crippen LogP contribution in [0.4, 0.5) is 4.39 Å². The maximum atomic E-state index is 12.8. The van der Waals surface area contributed by atoms with Crippen LogP contribution in [0.5, 0.6) is 0 Å². The Hall–Kier alpha value is -0.700. The predicted octanol–water partition coefficient (Wildman–Crippen LogP) is 2.99. The van der Waals surface area contributed by atoms with E-state index in [0.717, 1.165) is 32.1 Å². The highest BCUT2D eigenvalue weighted by Gasteiger charge is 2.25. The lowest BCUT2D eigenvalue weighted by atomic mass is 9.95. The fourth-order valence-electron chi connectivity index (χ4n) is 2.42. The van der Waals surface area contributed by atoms with Gasteiger partial charge in [0.05, 0.1) is 0 Å². The standard InChI is InChI=1S/C13H22FNO/c1-9(2)15-12-6-4-5-11(7-8-12)13(16)10(3)14/h9,11-12,15H,3-8H2,1-2H3/t11?,12-/m1/s1. The van der Waals surface area contributed by atoms with E-state index in [1.807, 2.05) is 0 Å². The van der Waals surface area contributed by atoms with Crippen LogP contribution >= 0.6 is 0 Å². The van der Waals surface area contributed by atoms with E-state index in [0.29, 0.717) is 12.1 Å². The molecule has 1 aliphatic carbocycles. The van der Waals surface area contributed by atoms with E-state index in [9.17, 15) is 9.18 Å². The Balaban J connectivity index is 2.46. The first-order valence-corrected chi connectivity index (χ1v) is 6.15. The Morgan fingerprint density at radius 1 is 1.31 bits per heavy atom. The number of hydrogen-bond donors (Lipinski definition) is 1. The highest BCUT2D eigenvalue weighted by molar-refractivity contribution is 5.94. The van der Waals surface area contributed by atoms with Crippen LogP contribution in [0, 0.1) is 5.92 Å². The van der Waals surface area contributed by atoms with E-state index >= 15 is 0 Å². The molecule has 1 unspecified atom stereocenters. The van der Waals surface area contributed by atoms with E-state index in [1.165, 1.54) is 0 Å². The first kappa shape index (κ1) is 13.4. The lowest BCUT2D eigenvalue weighted by Gasteiger charge is -2.19. The minimum atomic E-state index is -0.778. The van der Waals surface area contributed by atoms with Gasteiger partial charge in [0.1, 0.15) is 0 Å². The Morgan fingerprint density at radius 3 is 2.56 bits per heavy atom. The van der Waals surface area contributed by atoms with Gasteiger partial charge in [-0.05, 0) is 25.7 Å². The number of carbonyl (C=O) groups excluding carboxylic acids is 1. The lowest BCUT2D eigenvalue weighted by molar-refractivity contribution is -0.120. The second kappa shape index (κ2) is 6.14. The molecular weight excluding hydrogens is 205 g/mol. The minimum absolute atomic E-state index is 0.142. The minimum Gasteiger partial charge on any atom is -0.312 e. The lowest BCUT2D eigenvalue weighted by Crippen LogP contribution is -2.34. The number of nitrogens with one attached hydrogen (secondary N) is 1. The van der Waals surface area contributed by atoms with Crippen molar-refractivity contribution in [3.63, 3.8) is 0 Å². The zero-order valence-corrected chi connectivity index (χ0v) is 10.3. The van der Waals surface area contributed by atoms with Crippen molar-refractivity contribution in [1.82, 2.24) is 5.32 Å². The molecule has 1 saturated carbocycles. The molecule has 2 atom stereocenters.